The van der Waals surface area contributed by atoms with Gasteiger partial charge in [-0.15, -0.1) is 0 Å². The molecular formula is C12H15N3O2. The average Bonchev–Trinajstić information content (AvgIpc) is 2.71. The molecule has 1 aliphatic heterocycles. The number of aryl methyl sites for hydroxylation is 1. The number of morpholine rings is 1. The largest absolute Gasteiger partial charge is 0.439 e. The van der Waals surface area contributed by atoms with E-state index in [-0.39, 0.29) is 6.04 Å². The molecule has 0 spiro atoms. The first kappa shape index (κ1) is 10.7. The van der Waals surface area contributed by atoms with Gasteiger partial charge in [0.1, 0.15) is 0 Å². The molecule has 3 heterocycles. The van der Waals surface area contributed by atoms with Gasteiger partial charge in [-0.3, -0.25) is 0 Å². The highest BCUT2D eigenvalue weighted by Crippen LogP contribution is 2.15. The molecule has 0 amide bonds. The lowest BCUT2D eigenvalue weighted by Gasteiger charge is -2.22. The first-order valence-electron chi connectivity index (χ1n) is 5.85. The lowest BCUT2D eigenvalue weighted by molar-refractivity contribution is 0.0751. The topological polar surface area (TPSA) is 60.2 Å². The molecule has 5 heteroatoms. The minimum atomic E-state index is 0.290. The zero-order chi connectivity index (χ0) is 11.7. The predicted octanol–water partition coefficient (Wildman–Crippen LogP) is 1.06. The maximum Gasteiger partial charge on any atom is 0.199 e. The molecule has 0 bridgehead atoms. The molecule has 17 heavy (non-hydrogen) atoms. The Morgan fingerprint density at radius 1 is 1.41 bits per heavy atom. The summed E-state index contributed by atoms with van der Waals surface area (Å²) < 4.78 is 11.1. The van der Waals surface area contributed by atoms with Crippen LogP contribution >= 0.6 is 0 Å². The Morgan fingerprint density at radius 2 is 2.35 bits per heavy atom. The van der Waals surface area contributed by atoms with Crippen LogP contribution in [0, 0.1) is 6.92 Å². The summed E-state index contributed by atoms with van der Waals surface area (Å²) in [5.74, 6) is 0.723. The van der Waals surface area contributed by atoms with E-state index in [0.717, 1.165) is 36.7 Å². The SMILES string of the molecule is Cc1ccc2oc(CC3COCCN3)nc2n1. The predicted molar refractivity (Wildman–Crippen MR) is 62.9 cm³/mol. The second-order valence-electron chi connectivity index (χ2n) is 4.31. The highest BCUT2D eigenvalue weighted by atomic mass is 16.5. The van der Waals surface area contributed by atoms with Crippen molar-refractivity contribution >= 4 is 11.2 Å². The standard InChI is InChI=1S/C12H15N3O2/c1-8-2-3-10-12(14-8)15-11(17-10)6-9-7-16-5-4-13-9/h2-3,9,13H,4-7H2,1H3. The first-order valence-corrected chi connectivity index (χ1v) is 5.85. The van der Waals surface area contributed by atoms with E-state index in [1.165, 1.54) is 0 Å². The maximum absolute atomic E-state index is 5.66. The van der Waals surface area contributed by atoms with E-state index < -0.39 is 0 Å². The Bertz CT molecular complexity index is 517. The molecule has 2 aromatic rings. The third-order valence-electron chi connectivity index (χ3n) is 2.86. The van der Waals surface area contributed by atoms with E-state index in [1.807, 2.05) is 19.1 Å². The summed E-state index contributed by atoms with van der Waals surface area (Å²) in [7, 11) is 0. The summed E-state index contributed by atoms with van der Waals surface area (Å²) in [6.07, 6.45) is 0.745. The lowest BCUT2D eigenvalue weighted by Crippen LogP contribution is -2.42. The van der Waals surface area contributed by atoms with Gasteiger partial charge in [-0.2, -0.15) is 4.98 Å². The Balaban J connectivity index is 1.80. The Morgan fingerprint density at radius 3 is 3.18 bits per heavy atom. The Labute approximate surface area is 99.2 Å². The van der Waals surface area contributed by atoms with Crippen LogP contribution in [0.4, 0.5) is 0 Å². The molecule has 1 atom stereocenters. The van der Waals surface area contributed by atoms with Crippen LogP contribution in [0.5, 0.6) is 0 Å². The van der Waals surface area contributed by atoms with Gasteiger partial charge < -0.3 is 14.5 Å². The summed E-state index contributed by atoms with van der Waals surface area (Å²) in [6.45, 7) is 4.34. The van der Waals surface area contributed by atoms with Crippen LogP contribution in [0.15, 0.2) is 16.5 Å². The van der Waals surface area contributed by atoms with Gasteiger partial charge in [-0.05, 0) is 19.1 Å². The van der Waals surface area contributed by atoms with Gasteiger partial charge in [0.05, 0.1) is 13.2 Å². The summed E-state index contributed by atoms with van der Waals surface area (Å²) in [6, 6.07) is 4.14. The zero-order valence-corrected chi connectivity index (χ0v) is 9.77. The third-order valence-corrected chi connectivity index (χ3v) is 2.86. The molecule has 1 unspecified atom stereocenters. The molecule has 1 fully saturated rings. The highest BCUT2D eigenvalue weighted by molar-refractivity contribution is 5.67. The number of fused-ring (bicyclic) bond motifs is 1. The van der Waals surface area contributed by atoms with E-state index >= 15 is 0 Å². The molecule has 2 aromatic heterocycles. The number of ether oxygens (including phenoxy) is 1. The second kappa shape index (κ2) is 4.43. The average molecular weight is 233 g/mol. The van der Waals surface area contributed by atoms with Crippen LogP contribution in [0.25, 0.3) is 11.2 Å². The van der Waals surface area contributed by atoms with Crippen molar-refractivity contribution in [2.75, 3.05) is 19.8 Å². The van der Waals surface area contributed by atoms with Crippen LogP contribution in [0.1, 0.15) is 11.6 Å². The number of pyridine rings is 1. The van der Waals surface area contributed by atoms with Gasteiger partial charge >= 0.3 is 0 Å². The fraction of sp³-hybridized carbons (Fsp3) is 0.500. The smallest absolute Gasteiger partial charge is 0.199 e. The lowest BCUT2D eigenvalue weighted by atomic mass is 10.2. The van der Waals surface area contributed by atoms with Crippen LogP contribution in [-0.4, -0.2) is 35.8 Å². The van der Waals surface area contributed by atoms with Crippen molar-refractivity contribution < 1.29 is 9.15 Å². The number of rotatable bonds is 2. The number of hydrogen-bond acceptors (Lipinski definition) is 5. The Kier molecular flexibility index (Phi) is 2.78. The fourth-order valence-corrected chi connectivity index (χ4v) is 2.01. The fourth-order valence-electron chi connectivity index (χ4n) is 2.01. The molecule has 1 aliphatic rings. The Hall–Kier alpha value is -1.46. The molecule has 90 valence electrons. The van der Waals surface area contributed by atoms with Crippen LogP contribution in [0.2, 0.25) is 0 Å². The van der Waals surface area contributed by atoms with Gasteiger partial charge in [0.2, 0.25) is 0 Å². The van der Waals surface area contributed by atoms with E-state index in [2.05, 4.69) is 15.3 Å². The summed E-state index contributed by atoms with van der Waals surface area (Å²) in [5, 5.41) is 3.38. The van der Waals surface area contributed by atoms with Crippen LogP contribution < -0.4 is 5.32 Å². The van der Waals surface area contributed by atoms with Crippen molar-refractivity contribution in [3.05, 3.63) is 23.7 Å². The van der Waals surface area contributed by atoms with Gasteiger partial charge in [0, 0.05) is 24.7 Å². The number of hydrogen-bond donors (Lipinski definition) is 1. The third kappa shape index (κ3) is 2.30. The molecule has 1 N–H and O–H groups in total. The number of aromatic nitrogens is 2. The minimum Gasteiger partial charge on any atom is -0.439 e. The van der Waals surface area contributed by atoms with Crippen molar-refractivity contribution in [3.8, 4) is 0 Å². The molecule has 0 aliphatic carbocycles. The van der Waals surface area contributed by atoms with Crippen molar-refractivity contribution in [3.63, 3.8) is 0 Å². The van der Waals surface area contributed by atoms with Crippen LogP contribution in [0.3, 0.4) is 0 Å². The van der Waals surface area contributed by atoms with Crippen molar-refractivity contribution in [1.29, 1.82) is 0 Å². The molecule has 1 saturated heterocycles. The minimum absolute atomic E-state index is 0.290. The molecule has 0 radical (unpaired) electrons. The van der Waals surface area contributed by atoms with E-state index in [1.54, 1.807) is 0 Å². The molecule has 5 nitrogen and oxygen atoms in total. The highest BCUT2D eigenvalue weighted by Gasteiger charge is 2.17. The zero-order valence-electron chi connectivity index (χ0n) is 9.77. The molecule has 0 saturated carbocycles. The molecular weight excluding hydrogens is 218 g/mol. The van der Waals surface area contributed by atoms with Crippen molar-refractivity contribution in [2.45, 2.75) is 19.4 Å². The summed E-state index contributed by atoms with van der Waals surface area (Å²) >= 11 is 0. The van der Waals surface area contributed by atoms with E-state index in [4.69, 9.17) is 9.15 Å². The first-order chi connectivity index (χ1) is 8.31. The van der Waals surface area contributed by atoms with Crippen LogP contribution in [-0.2, 0) is 11.2 Å². The van der Waals surface area contributed by atoms with Gasteiger partial charge in [-0.25, -0.2) is 4.98 Å². The van der Waals surface area contributed by atoms with Gasteiger partial charge in [0.15, 0.2) is 17.1 Å². The maximum atomic E-state index is 5.66. The number of nitrogens with zero attached hydrogens (tertiary/aromatic N) is 2. The van der Waals surface area contributed by atoms with E-state index in [9.17, 15) is 0 Å². The summed E-state index contributed by atoms with van der Waals surface area (Å²) in [4.78, 5) is 8.73. The van der Waals surface area contributed by atoms with Gasteiger partial charge in [0.25, 0.3) is 0 Å². The molecule has 3 rings (SSSR count). The normalized spacial score (nSPS) is 20.9. The van der Waals surface area contributed by atoms with E-state index in [0.29, 0.717) is 12.3 Å². The van der Waals surface area contributed by atoms with Gasteiger partial charge in [-0.1, -0.05) is 0 Å². The summed E-state index contributed by atoms with van der Waals surface area (Å²) in [5.41, 5.74) is 2.40. The second-order valence-corrected chi connectivity index (χ2v) is 4.31. The quantitative estimate of drug-likeness (QED) is 0.840. The van der Waals surface area contributed by atoms with Crippen molar-refractivity contribution in [1.82, 2.24) is 15.3 Å². The number of oxazole rings is 1. The molecule has 0 aromatic carbocycles. The monoisotopic (exact) mass is 233 g/mol. The number of nitrogens with one attached hydrogen (secondary N) is 1. The van der Waals surface area contributed by atoms with Crippen molar-refractivity contribution in [2.24, 2.45) is 0 Å².